The minimum absolute atomic E-state index is 0.0958. The van der Waals surface area contributed by atoms with Gasteiger partial charge >= 0.3 is 5.97 Å². The average molecular weight is 336 g/mol. The summed E-state index contributed by atoms with van der Waals surface area (Å²) in [5.41, 5.74) is 0.532. The van der Waals surface area contributed by atoms with Gasteiger partial charge in [-0.2, -0.15) is 0 Å². The number of esters is 1. The summed E-state index contributed by atoms with van der Waals surface area (Å²) in [5.74, 6) is 0.546. The molecule has 0 radical (unpaired) electrons. The van der Waals surface area contributed by atoms with Crippen LogP contribution in [0.25, 0.3) is 0 Å². The van der Waals surface area contributed by atoms with Crippen LogP contribution in [-0.2, 0) is 4.79 Å². The summed E-state index contributed by atoms with van der Waals surface area (Å²) in [5, 5.41) is 0. The lowest BCUT2D eigenvalue weighted by Crippen LogP contribution is -2.46. The van der Waals surface area contributed by atoms with Gasteiger partial charge in [-0.3, -0.25) is 9.69 Å². The molecule has 0 aliphatic carbocycles. The molecule has 126 valence electrons. The van der Waals surface area contributed by atoms with Gasteiger partial charge < -0.3 is 9.64 Å². The molecule has 2 aliphatic rings. The van der Waals surface area contributed by atoms with Crippen LogP contribution < -0.4 is 14.6 Å². The number of fused-ring (bicyclic) bond motifs is 1. The minimum atomic E-state index is -0.581. The zero-order valence-corrected chi connectivity index (χ0v) is 13.6. The number of Topliss-reactive ketones (excluding diaryl/α,β-unsaturated/α-hetero) is 1. The van der Waals surface area contributed by atoms with E-state index in [1.165, 1.54) is 0 Å². The van der Waals surface area contributed by atoms with Crippen LogP contribution in [0.4, 0.5) is 5.82 Å². The number of hydrogen-bond donors (Lipinski definition) is 0. The summed E-state index contributed by atoms with van der Waals surface area (Å²) in [6, 6.07) is 12.8. The molecule has 1 aromatic carbocycles. The third-order valence-electron chi connectivity index (χ3n) is 4.46. The summed E-state index contributed by atoms with van der Waals surface area (Å²) < 4.78 is 5.28. The molecule has 0 atom stereocenters. The van der Waals surface area contributed by atoms with E-state index in [1.807, 2.05) is 29.3 Å². The van der Waals surface area contributed by atoms with Crippen LogP contribution in [0.5, 0.6) is 5.75 Å². The topological polar surface area (TPSA) is 64.0 Å². The fourth-order valence-electron chi connectivity index (χ4n) is 3.10. The van der Waals surface area contributed by atoms with Crippen molar-refractivity contribution in [2.75, 3.05) is 31.1 Å². The Bertz CT molecular complexity index is 840. The maximum absolute atomic E-state index is 12.6. The second-order valence-electron chi connectivity index (χ2n) is 6.03. The van der Waals surface area contributed by atoms with E-state index < -0.39 is 5.97 Å². The van der Waals surface area contributed by atoms with Gasteiger partial charge in [-0.1, -0.05) is 18.2 Å². The van der Waals surface area contributed by atoms with Crippen LogP contribution in [0.3, 0.4) is 0 Å². The highest BCUT2D eigenvalue weighted by Gasteiger charge is 2.32. The number of carbonyl (C=O) groups excluding carboxylic acids is 2. The number of benzene rings is 1. The van der Waals surface area contributed by atoms with Gasteiger partial charge in [0, 0.05) is 12.3 Å². The number of pyridine rings is 1. The monoisotopic (exact) mass is 336 g/mol. The molecule has 1 N–H and O–H groups in total. The molecule has 6 nitrogen and oxygen atoms in total. The molecule has 6 heteroatoms. The number of nitrogens with one attached hydrogen (secondary N) is 1. The maximum Gasteiger partial charge on any atom is 0.349 e. The van der Waals surface area contributed by atoms with Gasteiger partial charge in [0.05, 0.1) is 24.8 Å². The molecule has 0 unspecified atom stereocenters. The largest absolute Gasteiger partial charge is 0.422 e. The van der Waals surface area contributed by atoms with Crippen molar-refractivity contribution in [1.29, 1.82) is 0 Å². The molecular weight excluding hydrogens is 318 g/mol. The fourth-order valence-corrected chi connectivity index (χ4v) is 3.10. The van der Waals surface area contributed by atoms with E-state index in [4.69, 9.17) is 4.74 Å². The van der Waals surface area contributed by atoms with Gasteiger partial charge in [0.25, 0.3) is 5.82 Å². The summed E-state index contributed by atoms with van der Waals surface area (Å²) in [6.07, 6.45) is 3.55. The molecular formula is C19H18N3O3+. The normalized spacial score (nSPS) is 19.0. The molecule has 1 saturated heterocycles. The first-order chi connectivity index (χ1) is 12.2. The summed E-state index contributed by atoms with van der Waals surface area (Å²) in [4.78, 5) is 32.2. The third-order valence-corrected chi connectivity index (χ3v) is 4.46. The lowest BCUT2D eigenvalue weighted by molar-refractivity contribution is -0.364. The second-order valence-corrected chi connectivity index (χ2v) is 6.03. The number of nitrogens with zero attached hydrogens (tertiary/aromatic N) is 2. The number of ether oxygens (including phenoxy) is 1. The second kappa shape index (κ2) is 6.39. The molecule has 2 aliphatic heterocycles. The first-order valence-corrected chi connectivity index (χ1v) is 8.26. The van der Waals surface area contributed by atoms with E-state index in [9.17, 15) is 9.59 Å². The molecule has 0 saturated carbocycles. The van der Waals surface area contributed by atoms with Crippen LogP contribution in [0, 0.1) is 0 Å². The zero-order valence-electron chi connectivity index (χ0n) is 13.6. The molecule has 4 rings (SSSR count). The van der Waals surface area contributed by atoms with Gasteiger partial charge in [-0.15, -0.1) is 0 Å². The number of H-pyrrole nitrogens is 1. The molecule has 2 aromatic rings. The van der Waals surface area contributed by atoms with Crippen molar-refractivity contribution in [3.63, 3.8) is 0 Å². The van der Waals surface area contributed by atoms with Gasteiger partial charge in [-0.25, -0.2) is 9.78 Å². The molecule has 25 heavy (non-hydrogen) atoms. The number of piperazine rings is 1. The number of hydrogen-bond acceptors (Lipinski definition) is 5. The van der Waals surface area contributed by atoms with Crippen molar-refractivity contribution in [1.82, 2.24) is 4.90 Å². The van der Waals surface area contributed by atoms with Crippen LogP contribution in [0.1, 0.15) is 10.4 Å². The van der Waals surface area contributed by atoms with Crippen molar-refractivity contribution in [3.8, 4) is 5.75 Å². The number of ketones is 1. The lowest BCUT2D eigenvalue weighted by atomic mass is 10.0. The summed E-state index contributed by atoms with van der Waals surface area (Å²) in [7, 11) is 0. The Morgan fingerprint density at radius 3 is 2.48 bits per heavy atom. The van der Waals surface area contributed by atoms with Gasteiger partial charge in [0.2, 0.25) is 5.78 Å². The Morgan fingerprint density at radius 1 is 0.960 bits per heavy atom. The highest BCUT2D eigenvalue weighted by molar-refractivity contribution is 6.27. The van der Waals surface area contributed by atoms with Crippen LogP contribution in [0.15, 0.2) is 60.4 Å². The van der Waals surface area contributed by atoms with Crippen molar-refractivity contribution in [2.45, 2.75) is 0 Å². The predicted molar refractivity (Wildman–Crippen MR) is 91.3 cm³/mol. The Kier molecular flexibility index (Phi) is 3.93. The zero-order chi connectivity index (χ0) is 17.2. The van der Waals surface area contributed by atoms with Crippen molar-refractivity contribution in [2.24, 2.45) is 0 Å². The number of para-hydroxylation sites is 1. The average Bonchev–Trinajstić information content (AvgIpc) is 2.66. The van der Waals surface area contributed by atoms with Crippen LogP contribution >= 0.6 is 0 Å². The quantitative estimate of drug-likeness (QED) is 0.358. The van der Waals surface area contributed by atoms with E-state index in [0.29, 0.717) is 11.3 Å². The van der Waals surface area contributed by atoms with E-state index in [0.717, 1.165) is 32.0 Å². The Morgan fingerprint density at radius 2 is 1.72 bits per heavy atom. The van der Waals surface area contributed by atoms with E-state index in [2.05, 4.69) is 9.88 Å². The van der Waals surface area contributed by atoms with Crippen LogP contribution in [-0.4, -0.2) is 42.8 Å². The SMILES string of the molecule is O=C1Oc2ccccc2C(=O)C1=CN1CCN(c2cccc[nH+]2)CC1. The smallest absolute Gasteiger partial charge is 0.349 e. The Labute approximate surface area is 145 Å². The molecule has 1 fully saturated rings. The number of aromatic amines is 1. The van der Waals surface area contributed by atoms with Crippen molar-refractivity contribution < 1.29 is 19.3 Å². The summed E-state index contributed by atoms with van der Waals surface area (Å²) >= 11 is 0. The third kappa shape index (κ3) is 2.98. The molecule has 0 spiro atoms. The standard InChI is InChI=1S/C19H17N3O3/c23-18-14-5-1-2-6-16(14)25-19(24)15(18)13-21-9-11-22(12-10-21)17-7-3-4-8-20-17/h1-8,13H,9-12H2/p+1. The molecule has 0 amide bonds. The first-order valence-electron chi connectivity index (χ1n) is 8.26. The summed E-state index contributed by atoms with van der Waals surface area (Å²) in [6.45, 7) is 3.08. The maximum atomic E-state index is 12.6. The van der Waals surface area contributed by atoms with Gasteiger partial charge in [0.1, 0.15) is 24.4 Å². The van der Waals surface area contributed by atoms with Crippen LogP contribution in [0.2, 0.25) is 0 Å². The molecule has 0 bridgehead atoms. The number of aromatic nitrogens is 1. The Hall–Kier alpha value is -3.15. The highest BCUT2D eigenvalue weighted by Crippen LogP contribution is 2.27. The number of rotatable bonds is 2. The highest BCUT2D eigenvalue weighted by atomic mass is 16.5. The molecule has 3 heterocycles. The number of anilines is 1. The minimum Gasteiger partial charge on any atom is -0.422 e. The van der Waals surface area contributed by atoms with E-state index in [-0.39, 0.29) is 11.4 Å². The fraction of sp³-hybridized carbons (Fsp3) is 0.211. The van der Waals surface area contributed by atoms with Gasteiger partial charge in [0.15, 0.2) is 0 Å². The Balaban J connectivity index is 1.49. The van der Waals surface area contributed by atoms with Gasteiger partial charge in [-0.05, 0) is 18.2 Å². The van der Waals surface area contributed by atoms with E-state index in [1.54, 1.807) is 30.5 Å². The van der Waals surface area contributed by atoms with Crippen molar-refractivity contribution >= 4 is 17.6 Å². The number of carbonyl (C=O) groups is 2. The predicted octanol–water partition coefficient (Wildman–Crippen LogP) is 1.31. The molecule has 1 aromatic heterocycles. The lowest BCUT2D eigenvalue weighted by Gasteiger charge is -2.30. The van der Waals surface area contributed by atoms with E-state index >= 15 is 0 Å². The van der Waals surface area contributed by atoms with Crippen molar-refractivity contribution in [3.05, 3.63) is 66.0 Å². The first kappa shape index (κ1) is 15.4.